The van der Waals surface area contributed by atoms with Gasteiger partial charge < -0.3 is 10.2 Å². The van der Waals surface area contributed by atoms with E-state index in [9.17, 15) is 18.5 Å². The van der Waals surface area contributed by atoms with Crippen molar-refractivity contribution < 1.29 is 13.3 Å². The van der Waals surface area contributed by atoms with Crippen LogP contribution in [0, 0.1) is 10.1 Å². The Morgan fingerprint density at radius 2 is 2.00 bits per heavy atom. The van der Waals surface area contributed by atoms with Crippen molar-refractivity contribution in [2.24, 2.45) is 0 Å². The minimum absolute atomic E-state index is 0.271. The Kier molecular flexibility index (Phi) is 4.84. The van der Waals surface area contributed by atoms with Crippen LogP contribution < -0.4 is 5.32 Å². The second-order valence-electron chi connectivity index (χ2n) is 4.44. The molecule has 0 aliphatic carbocycles. The lowest BCUT2D eigenvalue weighted by Gasteiger charge is -2.12. The van der Waals surface area contributed by atoms with Gasteiger partial charge in [-0.2, -0.15) is 0 Å². The largest absolute Gasteiger partial charge is 0.384 e. The van der Waals surface area contributed by atoms with E-state index >= 15 is 0 Å². The lowest BCUT2D eigenvalue weighted by atomic mass is 10.3. The molecule has 1 aromatic carbocycles. The molecule has 1 rings (SSSR count). The van der Waals surface area contributed by atoms with Gasteiger partial charge >= 0.3 is 0 Å². The van der Waals surface area contributed by atoms with Crippen molar-refractivity contribution in [3.8, 4) is 0 Å². The van der Waals surface area contributed by atoms with E-state index < -0.39 is 20.4 Å². The molecular formula is C11H17N3O4S. The molecule has 0 aromatic heterocycles. The van der Waals surface area contributed by atoms with Gasteiger partial charge in [0.05, 0.1) is 4.92 Å². The van der Waals surface area contributed by atoms with Gasteiger partial charge in [0.25, 0.3) is 5.69 Å². The summed E-state index contributed by atoms with van der Waals surface area (Å²) in [6, 6.07) is 4.00. The molecule has 0 bridgehead atoms. The Morgan fingerprint density at radius 1 is 1.37 bits per heavy atom. The third kappa shape index (κ3) is 4.49. The monoisotopic (exact) mass is 287 g/mol. The summed E-state index contributed by atoms with van der Waals surface area (Å²) >= 11 is 0. The minimum Gasteiger partial charge on any atom is -0.384 e. The van der Waals surface area contributed by atoms with Crippen molar-refractivity contribution in [2.75, 3.05) is 38.8 Å². The van der Waals surface area contributed by atoms with E-state index in [0.29, 0.717) is 12.2 Å². The van der Waals surface area contributed by atoms with Crippen LogP contribution in [-0.4, -0.2) is 51.7 Å². The zero-order chi connectivity index (χ0) is 14.6. The summed E-state index contributed by atoms with van der Waals surface area (Å²) in [5, 5.41) is 13.8. The van der Waals surface area contributed by atoms with Crippen LogP contribution in [0.2, 0.25) is 0 Å². The third-order valence-electron chi connectivity index (χ3n) is 2.44. The molecule has 106 valence electrons. The maximum atomic E-state index is 11.6. The Morgan fingerprint density at radius 3 is 2.47 bits per heavy atom. The first-order valence-corrected chi connectivity index (χ1v) is 7.48. The maximum absolute atomic E-state index is 11.6. The van der Waals surface area contributed by atoms with Gasteiger partial charge in [-0.3, -0.25) is 10.1 Å². The van der Waals surface area contributed by atoms with Gasteiger partial charge in [-0.25, -0.2) is 8.42 Å². The minimum atomic E-state index is -3.63. The fourth-order valence-electron chi connectivity index (χ4n) is 1.50. The Bertz CT molecular complexity index is 569. The number of nitro groups is 1. The van der Waals surface area contributed by atoms with Gasteiger partial charge in [0.2, 0.25) is 0 Å². The Labute approximate surface area is 112 Å². The molecule has 0 amide bonds. The molecule has 0 saturated carbocycles. The van der Waals surface area contributed by atoms with Gasteiger partial charge in [-0.1, -0.05) is 0 Å². The summed E-state index contributed by atoms with van der Waals surface area (Å²) in [6.07, 6.45) is 0.957. The average Bonchev–Trinajstić information content (AvgIpc) is 2.27. The van der Waals surface area contributed by atoms with E-state index in [1.807, 2.05) is 19.0 Å². The van der Waals surface area contributed by atoms with Crippen LogP contribution in [0.25, 0.3) is 0 Å². The van der Waals surface area contributed by atoms with Crippen LogP contribution in [0.3, 0.4) is 0 Å². The second-order valence-corrected chi connectivity index (χ2v) is 6.43. The fourth-order valence-corrected chi connectivity index (χ4v) is 2.36. The normalized spacial score (nSPS) is 11.6. The molecule has 0 spiro atoms. The Hall–Kier alpha value is -1.67. The van der Waals surface area contributed by atoms with Crippen molar-refractivity contribution >= 4 is 21.2 Å². The topological polar surface area (TPSA) is 92.5 Å². The number of anilines is 1. The van der Waals surface area contributed by atoms with Gasteiger partial charge in [0, 0.05) is 31.1 Å². The Balaban J connectivity index is 3.03. The quantitative estimate of drug-likeness (QED) is 0.619. The maximum Gasteiger partial charge on any atom is 0.288 e. The molecule has 0 fully saturated rings. The van der Waals surface area contributed by atoms with Gasteiger partial charge in [-0.05, 0) is 26.2 Å². The van der Waals surface area contributed by atoms with Crippen molar-refractivity contribution in [2.45, 2.75) is 4.90 Å². The molecule has 1 N–H and O–H groups in total. The first-order valence-electron chi connectivity index (χ1n) is 5.59. The summed E-state index contributed by atoms with van der Waals surface area (Å²) in [5.74, 6) is 0. The molecule has 0 saturated heterocycles. The van der Waals surface area contributed by atoms with Crippen molar-refractivity contribution in [3.63, 3.8) is 0 Å². The number of hydrogen-bond acceptors (Lipinski definition) is 6. The zero-order valence-electron chi connectivity index (χ0n) is 11.1. The lowest BCUT2D eigenvalue weighted by molar-refractivity contribution is -0.387. The number of hydrogen-bond donors (Lipinski definition) is 1. The van der Waals surface area contributed by atoms with E-state index in [1.165, 1.54) is 18.2 Å². The number of nitrogens with zero attached hydrogens (tertiary/aromatic N) is 2. The van der Waals surface area contributed by atoms with Crippen LogP contribution in [0.15, 0.2) is 23.1 Å². The fraction of sp³-hybridized carbons (Fsp3) is 0.455. The predicted molar refractivity (Wildman–Crippen MR) is 73.2 cm³/mol. The number of benzene rings is 1. The SMILES string of the molecule is CN(C)CCNc1ccc([N+](=O)[O-])c(S(C)(=O)=O)c1. The first kappa shape index (κ1) is 15.4. The molecule has 19 heavy (non-hydrogen) atoms. The zero-order valence-corrected chi connectivity index (χ0v) is 11.9. The molecule has 1 aromatic rings. The summed E-state index contributed by atoms with van der Waals surface area (Å²) in [4.78, 5) is 11.8. The van der Waals surface area contributed by atoms with Gasteiger partial charge in [0.1, 0.15) is 4.90 Å². The highest BCUT2D eigenvalue weighted by Crippen LogP contribution is 2.26. The highest BCUT2D eigenvalue weighted by Gasteiger charge is 2.22. The summed E-state index contributed by atoms with van der Waals surface area (Å²) < 4.78 is 23.1. The molecule has 0 heterocycles. The number of rotatable bonds is 6. The van der Waals surface area contributed by atoms with Crippen LogP contribution in [0.5, 0.6) is 0 Å². The highest BCUT2D eigenvalue weighted by molar-refractivity contribution is 7.90. The van der Waals surface area contributed by atoms with E-state index in [2.05, 4.69) is 5.32 Å². The van der Waals surface area contributed by atoms with Crippen LogP contribution in [0.1, 0.15) is 0 Å². The summed E-state index contributed by atoms with van der Waals surface area (Å²) in [5.41, 5.74) is 0.147. The number of likely N-dealkylation sites (N-methyl/N-ethyl adjacent to an activating group) is 1. The standard InChI is InChI=1S/C11H17N3O4S/c1-13(2)7-6-12-9-4-5-10(14(15)16)11(8-9)19(3,17)18/h4-5,8,12H,6-7H2,1-3H3. The van der Waals surface area contributed by atoms with Crippen LogP contribution >= 0.6 is 0 Å². The molecule has 0 radical (unpaired) electrons. The molecule has 7 nitrogen and oxygen atoms in total. The van der Waals surface area contributed by atoms with Crippen LogP contribution in [-0.2, 0) is 9.84 Å². The smallest absolute Gasteiger partial charge is 0.288 e. The van der Waals surface area contributed by atoms with E-state index in [0.717, 1.165) is 12.8 Å². The van der Waals surface area contributed by atoms with Gasteiger partial charge in [0.15, 0.2) is 9.84 Å². The predicted octanol–water partition coefficient (Wildman–Crippen LogP) is 0.972. The van der Waals surface area contributed by atoms with E-state index in [1.54, 1.807) is 0 Å². The number of sulfone groups is 1. The third-order valence-corrected chi connectivity index (χ3v) is 3.57. The van der Waals surface area contributed by atoms with Crippen molar-refractivity contribution in [3.05, 3.63) is 28.3 Å². The molecule has 0 aliphatic rings. The first-order chi connectivity index (χ1) is 8.71. The van der Waals surface area contributed by atoms with Crippen molar-refractivity contribution in [1.82, 2.24) is 4.90 Å². The average molecular weight is 287 g/mol. The molecule has 0 atom stereocenters. The molecule has 8 heteroatoms. The molecule has 0 aliphatic heterocycles. The van der Waals surface area contributed by atoms with Crippen LogP contribution in [0.4, 0.5) is 11.4 Å². The lowest BCUT2D eigenvalue weighted by Crippen LogP contribution is -2.20. The highest BCUT2D eigenvalue weighted by atomic mass is 32.2. The summed E-state index contributed by atoms with van der Waals surface area (Å²) in [7, 11) is 0.198. The van der Waals surface area contributed by atoms with Gasteiger partial charge in [-0.15, -0.1) is 0 Å². The second kappa shape index (κ2) is 5.98. The summed E-state index contributed by atoms with van der Waals surface area (Å²) in [6.45, 7) is 1.39. The molecular weight excluding hydrogens is 270 g/mol. The molecule has 0 unspecified atom stereocenters. The van der Waals surface area contributed by atoms with E-state index in [-0.39, 0.29) is 4.90 Å². The number of nitro benzene ring substituents is 1. The van der Waals surface area contributed by atoms with Crippen molar-refractivity contribution in [1.29, 1.82) is 0 Å². The van der Waals surface area contributed by atoms with E-state index in [4.69, 9.17) is 0 Å². The number of nitrogens with one attached hydrogen (secondary N) is 1.